The van der Waals surface area contributed by atoms with Crippen LogP contribution in [0.4, 0.5) is 0 Å². The van der Waals surface area contributed by atoms with Gasteiger partial charge in [-0.25, -0.2) is 0 Å². The molecule has 0 amide bonds. The van der Waals surface area contributed by atoms with Crippen molar-refractivity contribution in [2.75, 3.05) is 5.33 Å². The smallest absolute Gasteiger partial charge is 0.0515 e. The third-order valence-corrected chi connectivity index (χ3v) is 3.79. The zero-order valence-corrected chi connectivity index (χ0v) is 8.76. The van der Waals surface area contributed by atoms with Crippen LogP contribution in [-0.2, 0) is 0 Å². The summed E-state index contributed by atoms with van der Waals surface area (Å²) in [5, 5.41) is 3.83. The van der Waals surface area contributed by atoms with Crippen molar-refractivity contribution in [3.05, 3.63) is 21.3 Å². The van der Waals surface area contributed by atoms with Gasteiger partial charge in [0.2, 0.25) is 0 Å². The van der Waals surface area contributed by atoms with Crippen LogP contribution in [0.2, 0.25) is 5.02 Å². The van der Waals surface area contributed by atoms with E-state index in [1.54, 1.807) is 11.3 Å². The minimum Gasteiger partial charge on any atom is -0.147 e. The molecular formula is C7H8BrClS. The minimum absolute atomic E-state index is 0.581. The van der Waals surface area contributed by atoms with Crippen molar-refractivity contribution in [1.29, 1.82) is 0 Å². The summed E-state index contributed by atoms with van der Waals surface area (Å²) in [4.78, 5) is 1.35. The van der Waals surface area contributed by atoms with Gasteiger partial charge >= 0.3 is 0 Å². The minimum atomic E-state index is 0.581. The fourth-order valence-corrected chi connectivity index (χ4v) is 2.37. The van der Waals surface area contributed by atoms with Gasteiger partial charge in [-0.3, -0.25) is 0 Å². The molecule has 0 fully saturated rings. The highest BCUT2D eigenvalue weighted by atomic mass is 79.9. The zero-order valence-electron chi connectivity index (χ0n) is 5.60. The molecule has 1 atom stereocenters. The maximum Gasteiger partial charge on any atom is 0.0515 e. The van der Waals surface area contributed by atoms with E-state index >= 15 is 0 Å². The number of rotatable bonds is 2. The summed E-state index contributed by atoms with van der Waals surface area (Å²) in [6.07, 6.45) is 0. The molecule has 0 radical (unpaired) electrons. The average Bonchev–Trinajstić information content (AvgIpc) is 2.34. The van der Waals surface area contributed by atoms with E-state index in [2.05, 4.69) is 22.9 Å². The second-order valence-electron chi connectivity index (χ2n) is 2.22. The summed E-state index contributed by atoms with van der Waals surface area (Å²) in [6.45, 7) is 2.18. The van der Waals surface area contributed by atoms with Crippen LogP contribution in [0.25, 0.3) is 0 Å². The van der Waals surface area contributed by atoms with Crippen molar-refractivity contribution in [2.24, 2.45) is 0 Å². The Morgan fingerprint density at radius 3 is 2.90 bits per heavy atom. The first kappa shape index (κ1) is 8.57. The Labute approximate surface area is 78.3 Å². The van der Waals surface area contributed by atoms with Crippen molar-refractivity contribution in [3.63, 3.8) is 0 Å². The van der Waals surface area contributed by atoms with E-state index in [-0.39, 0.29) is 0 Å². The molecule has 1 heterocycles. The first-order chi connectivity index (χ1) is 4.74. The molecule has 0 aromatic carbocycles. The first-order valence-electron chi connectivity index (χ1n) is 3.04. The van der Waals surface area contributed by atoms with E-state index in [1.165, 1.54) is 4.88 Å². The van der Waals surface area contributed by atoms with Crippen molar-refractivity contribution < 1.29 is 0 Å². The molecule has 0 aliphatic carbocycles. The Balaban J connectivity index is 2.74. The van der Waals surface area contributed by atoms with E-state index in [0.717, 1.165) is 10.4 Å². The number of hydrogen-bond donors (Lipinski definition) is 0. The molecular weight excluding hydrogens is 232 g/mol. The standard InChI is InChI=1S/C7H8BrClS/c1-5(3-8)7-2-6(9)4-10-7/h2,4-5H,3H2,1H3. The maximum atomic E-state index is 5.76. The van der Waals surface area contributed by atoms with Gasteiger partial charge in [0.1, 0.15) is 0 Å². The molecule has 0 nitrogen and oxygen atoms in total. The van der Waals surface area contributed by atoms with Gasteiger partial charge in [0.15, 0.2) is 0 Å². The normalized spacial score (nSPS) is 13.5. The third kappa shape index (κ3) is 1.97. The van der Waals surface area contributed by atoms with Gasteiger partial charge in [0.25, 0.3) is 0 Å². The second kappa shape index (κ2) is 3.74. The van der Waals surface area contributed by atoms with Crippen LogP contribution < -0.4 is 0 Å². The van der Waals surface area contributed by atoms with Gasteiger partial charge in [-0.2, -0.15) is 0 Å². The van der Waals surface area contributed by atoms with Crippen LogP contribution >= 0.6 is 38.9 Å². The number of thiophene rings is 1. The number of halogens is 2. The largest absolute Gasteiger partial charge is 0.147 e. The topological polar surface area (TPSA) is 0 Å². The lowest BCUT2D eigenvalue weighted by molar-refractivity contribution is 0.912. The fourth-order valence-electron chi connectivity index (χ4n) is 0.663. The van der Waals surface area contributed by atoms with Crippen LogP contribution in [0.3, 0.4) is 0 Å². The predicted molar refractivity (Wildman–Crippen MR) is 51.5 cm³/mol. The monoisotopic (exact) mass is 238 g/mol. The van der Waals surface area contributed by atoms with Crippen molar-refractivity contribution in [1.82, 2.24) is 0 Å². The summed E-state index contributed by atoms with van der Waals surface area (Å²) >= 11 is 10.9. The van der Waals surface area contributed by atoms with Gasteiger partial charge in [-0.1, -0.05) is 34.5 Å². The van der Waals surface area contributed by atoms with Crippen molar-refractivity contribution in [3.8, 4) is 0 Å². The van der Waals surface area contributed by atoms with Crippen LogP contribution in [-0.4, -0.2) is 5.33 Å². The molecule has 1 aromatic rings. The summed E-state index contributed by atoms with van der Waals surface area (Å²) < 4.78 is 0. The predicted octanol–water partition coefficient (Wildman–Crippen LogP) is 3.90. The third-order valence-electron chi connectivity index (χ3n) is 1.30. The lowest BCUT2D eigenvalue weighted by Crippen LogP contribution is -1.88. The molecule has 1 aromatic heterocycles. The number of alkyl halides is 1. The maximum absolute atomic E-state index is 5.76. The van der Waals surface area contributed by atoms with Crippen LogP contribution in [0.5, 0.6) is 0 Å². The molecule has 56 valence electrons. The van der Waals surface area contributed by atoms with E-state index < -0.39 is 0 Å². The Morgan fingerprint density at radius 1 is 1.80 bits per heavy atom. The lowest BCUT2D eigenvalue weighted by atomic mass is 10.2. The van der Waals surface area contributed by atoms with E-state index in [4.69, 9.17) is 11.6 Å². The molecule has 0 spiro atoms. The van der Waals surface area contributed by atoms with Crippen LogP contribution in [0.15, 0.2) is 11.4 Å². The average molecular weight is 240 g/mol. The summed E-state index contributed by atoms with van der Waals surface area (Å²) in [7, 11) is 0. The van der Waals surface area contributed by atoms with E-state index in [1.807, 2.05) is 11.4 Å². The zero-order chi connectivity index (χ0) is 7.56. The highest BCUT2D eigenvalue weighted by Gasteiger charge is 2.05. The van der Waals surface area contributed by atoms with Gasteiger partial charge in [-0.05, 0) is 6.07 Å². The number of hydrogen-bond acceptors (Lipinski definition) is 1. The quantitative estimate of drug-likeness (QED) is 0.687. The molecule has 0 saturated heterocycles. The highest BCUT2D eigenvalue weighted by molar-refractivity contribution is 9.09. The van der Waals surface area contributed by atoms with Crippen molar-refractivity contribution >= 4 is 38.9 Å². The molecule has 0 N–H and O–H groups in total. The van der Waals surface area contributed by atoms with Gasteiger partial charge in [0, 0.05) is 21.5 Å². The SMILES string of the molecule is CC(CBr)c1cc(Cl)cs1. The molecule has 10 heavy (non-hydrogen) atoms. The Kier molecular flexibility index (Phi) is 3.21. The lowest BCUT2D eigenvalue weighted by Gasteiger charge is -2.01. The Morgan fingerprint density at radius 2 is 2.50 bits per heavy atom. The van der Waals surface area contributed by atoms with E-state index in [0.29, 0.717) is 5.92 Å². The molecule has 3 heteroatoms. The molecule has 0 aliphatic rings. The van der Waals surface area contributed by atoms with Gasteiger partial charge in [-0.15, -0.1) is 11.3 Å². The second-order valence-corrected chi connectivity index (χ2v) is 4.25. The van der Waals surface area contributed by atoms with Crippen molar-refractivity contribution in [2.45, 2.75) is 12.8 Å². The van der Waals surface area contributed by atoms with Gasteiger partial charge < -0.3 is 0 Å². The Hall–Kier alpha value is 0.470. The summed E-state index contributed by atoms with van der Waals surface area (Å²) in [5.41, 5.74) is 0. The van der Waals surface area contributed by atoms with Crippen LogP contribution in [0.1, 0.15) is 17.7 Å². The Bertz CT molecular complexity index is 209. The fraction of sp³-hybridized carbons (Fsp3) is 0.429. The molecule has 0 saturated carbocycles. The van der Waals surface area contributed by atoms with E-state index in [9.17, 15) is 0 Å². The molecule has 1 rings (SSSR count). The van der Waals surface area contributed by atoms with Crippen LogP contribution in [0, 0.1) is 0 Å². The molecule has 0 bridgehead atoms. The van der Waals surface area contributed by atoms with Gasteiger partial charge in [0.05, 0.1) is 5.02 Å². The first-order valence-corrected chi connectivity index (χ1v) is 5.42. The molecule has 1 unspecified atom stereocenters. The molecule has 0 aliphatic heterocycles. The highest BCUT2D eigenvalue weighted by Crippen LogP contribution is 2.27. The summed E-state index contributed by atoms with van der Waals surface area (Å²) in [6, 6.07) is 2.03. The summed E-state index contributed by atoms with van der Waals surface area (Å²) in [5.74, 6) is 0.581.